The van der Waals surface area contributed by atoms with Crippen LogP contribution in [0.1, 0.15) is 13.3 Å². The maximum Gasteiger partial charge on any atom is 0.138 e. The van der Waals surface area contributed by atoms with E-state index in [9.17, 15) is 4.39 Å². The molecule has 3 N–H and O–H groups in total. The fourth-order valence-corrected chi connectivity index (χ4v) is 2.09. The molecule has 0 spiro atoms. The minimum absolute atomic E-state index is 0.227. The highest BCUT2D eigenvalue weighted by molar-refractivity contribution is 14.1. The summed E-state index contributed by atoms with van der Waals surface area (Å²) in [6.07, 6.45) is 3.12. The second-order valence-corrected chi connectivity index (χ2v) is 6.05. The Morgan fingerprint density at radius 1 is 1.56 bits per heavy atom. The molecule has 0 aliphatic carbocycles. The van der Waals surface area contributed by atoms with E-state index in [1.165, 1.54) is 6.07 Å². The van der Waals surface area contributed by atoms with E-state index in [1.807, 2.05) is 34.4 Å². The third kappa shape index (κ3) is 4.01. The van der Waals surface area contributed by atoms with Crippen molar-refractivity contribution in [3.05, 3.63) is 21.5 Å². The van der Waals surface area contributed by atoms with Crippen LogP contribution in [0.4, 0.5) is 15.8 Å². The van der Waals surface area contributed by atoms with E-state index in [-0.39, 0.29) is 5.82 Å². The summed E-state index contributed by atoms with van der Waals surface area (Å²) in [6, 6.07) is 3.11. The van der Waals surface area contributed by atoms with Gasteiger partial charge in [-0.25, -0.2) is 4.39 Å². The van der Waals surface area contributed by atoms with E-state index in [1.54, 1.807) is 6.07 Å². The third-order valence-electron chi connectivity index (χ3n) is 2.36. The maximum atomic E-state index is 13.3. The number of thioether (sulfide) groups is 1. The molecule has 0 radical (unpaired) electrons. The van der Waals surface area contributed by atoms with Crippen LogP contribution in [-0.2, 0) is 0 Å². The number of nitrogens with two attached hydrogens (primary N) is 1. The van der Waals surface area contributed by atoms with Crippen LogP contribution >= 0.6 is 34.4 Å². The number of rotatable bonds is 5. The molecule has 0 saturated heterocycles. The Kier molecular flexibility index (Phi) is 5.68. The highest BCUT2D eigenvalue weighted by Crippen LogP contribution is 2.24. The summed E-state index contributed by atoms with van der Waals surface area (Å²) in [4.78, 5) is 0. The Labute approximate surface area is 114 Å². The lowest BCUT2D eigenvalue weighted by atomic mass is 10.2. The summed E-state index contributed by atoms with van der Waals surface area (Å²) in [6.45, 7) is 2.98. The smallest absolute Gasteiger partial charge is 0.138 e. The van der Waals surface area contributed by atoms with Crippen molar-refractivity contribution in [3.8, 4) is 0 Å². The van der Waals surface area contributed by atoms with Gasteiger partial charge in [0.25, 0.3) is 0 Å². The SMILES string of the molecule is CSC(C)CCNc1cc(F)c(I)cc1N. The van der Waals surface area contributed by atoms with E-state index in [2.05, 4.69) is 18.5 Å². The molecule has 0 aromatic heterocycles. The van der Waals surface area contributed by atoms with Crippen molar-refractivity contribution in [1.82, 2.24) is 0 Å². The first-order valence-corrected chi connectivity index (χ1v) is 7.42. The van der Waals surface area contributed by atoms with E-state index in [0.29, 0.717) is 20.2 Å². The average molecular weight is 354 g/mol. The molecule has 0 fully saturated rings. The van der Waals surface area contributed by atoms with Crippen molar-refractivity contribution in [2.24, 2.45) is 0 Å². The molecule has 1 aromatic rings. The predicted molar refractivity (Wildman–Crippen MR) is 79.6 cm³/mol. The van der Waals surface area contributed by atoms with Crippen molar-refractivity contribution in [2.45, 2.75) is 18.6 Å². The highest BCUT2D eigenvalue weighted by atomic mass is 127. The molecule has 2 nitrogen and oxygen atoms in total. The quantitative estimate of drug-likeness (QED) is 0.627. The van der Waals surface area contributed by atoms with Crippen LogP contribution in [0.3, 0.4) is 0 Å². The van der Waals surface area contributed by atoms with Gasteiger partial charge in [0.05, 0.1) is 14.9 Å². The lowest BCUT2D eigenvalue weighted by molar-refractivity contribution is 0.621. The first-order chi connectivity index (χ1) is 7.54. The number of nitrogens with one attached hydrogen (secondary N) is 1. The number of benzene rings is 1. The first-order valence-electron chi connectivity index (χ1n) is 5.05. The molecule has 0 aliphatic rings. The van der Waals surface area contributed by atoms with Gasteiger partial charge in [0, 0.05) is 17.9 Å². The Hall–Kier alpha value is -0.170. The summed E-state index contributed by atoms with van der Waals surface area (Å²) < 4.78 is 13.9. The number of hydrogen-bond donors (Lipinski definition) is 2. The van der Waals surface area contributed by atoms with Crippen LogP contribution in [0.15, 0.2) is 12.1 Å². The number of nitrogen functional groups attached to an aromatic ring is 1. The van der Waals surface area contributed by atoms with E-state index >= 15 is 0 Å². The molecule has 5 heteroatoms. The molecule has 1 unspecified atom stereocenters. The Bertz CT molecular complexity index is 360. The van der Waals surface area contributed by atoms with Gasteiger partial charge in [0.15, 0.2) is 0 Å². The third-order valence-corrected chi connectivity index (χ3v) is 4.23. The van der Waals surface area contributed by atoms with Crippen molar-refractivity contribution in [1.29, 1.82) is 0 Å². The van der Waals surface area contributed by atoms with Gasteiger partial charge in [-0.15, -0.1) is 0 Å². The number of anilines is 2. The molecule has 0 aliphatic heterocycles. The van der Waals surface area contributed by atoms with Gasteiger partial charge in [-0.05, 0) is 41.3 Å². The molecule has 16 heavy (non-hydrogen) atoms. The lowest BCUT2D eigenvalue weighted by Gasteiger charge is -2.12. The van der Waals surface area contributed by atoms with Gasteiger partial charge in [0.2, 0.25) is 0 Å². The van der Waals surface area contributed by atoms with Gasteiger partial charge in [-0.3, -0.25) is 0 Å². The number of hydrogen-bond acceptors (Lipinski definition) is 3. The summed E-state index contributed by atoms with van der Waals surface area (Å²) in [5, 5.41) is 3.76. The van der Waals surface area contributed by atoms with Crippen molar-refractivity contribution < 1.29 is 4.39 Å². The predicted octanol–water partition coefficient (Wildman–Crippen LogP) is 3.57. The minimum atomic E-state index is -0.227. The standard InChI is InChI=1S/C11H16FIN2S/c1-7(16-2)3-4-15-11-5-8(12)9(13)6-10(11)14/h5-7,15H,3-4,14H2,1-2H3. The van der Waals surface area contributed by atoms with Crippen LogP contribution < -0.4 is 11.1 Å². The first kappa shape index (κ1) is 13.9. The van der Waals surface area contributed by atoms with Gasteiger partial charge >= 0.3 is 0 Å². The average Bonchev–Trinajstić information content (AvgIpc) is 2.25. The molecule has 1 aromatic carbocycles. The second-order valence-electron chi connectivity index (χ2n) is 3.62. The maximum absolute atomic E-state index is 13.3. The molecule has 1 rings (SSSR count). The second kappa shape index (κ2) is 6.54. The molecule has 0 bridgehead atoms. The normalized spacial score (nSPS) is 12.5. The van der Waals surface area contributed by atoms with Crippen LogP contribution in [-0.4, -0.2) is 18.1 Å². The fraction of sp³-hybridized carbons (Fsp3) is 0.455. The van der Waals surface area contributed by atoms with Crippen molar-refractivity contribution >= 4 is 45.7 Å². The topological polar surface area (TPSA) is 38.0 Å². The monoisotopic (exact) mass is 354 g/mol. The van der Waals surface area contributed by atoms with Crippen LogP contribution in [0.2, 0.25) is 0 Å². The molecule has 1 atom stereocenters. The van der Waals surface area contributed by atoms with Gasteiger partial charge in [-0.2, -0.15) is 11.8 Å². The zero-order valence-electron chi connectivity index (χ0n) is 9.39. The van der Waals surface area contributed by atoms with Gasteiger partial charge in [0.1, 0.15) is 5.82 Å². The largest absolute Gasteiger partial charge is 0.397 e. The summed E-state index contributed by atoms with van der Waals surface area (Å²) in [5.74, 6) is -0.227. The molecule has 0 amide bonds. The lowest BCUT2D eigenvalue weighted by Crippen LogP contribution is -2.09. The van der Waals surface area contributed by atoms with Crippen molar-refractivity contribution in [2.75, 3.05) is 23.9 Å². The minimum Gasteiger partial charge on any atom is -0.397 e. The number of halogens is 2. The Balaban J connectivity index is 2.57. The van der Waals surface area contributed by atoms with E-state index in [0.717, 1.165) is 13.0 Å². The summed E-state index contributed by atoms with van der Waals surface area (Å²) in [7, 11) is 0. The summed E-state index contributed by atoms with van der Waals surface area (Å²) in [5.41, 5.74) is 7.09. The van der Waals surface area contributed by atoms with Gasteiger partial charge < -0.3 is 11.1 Å². The molecule has 0 saturated carbocycles. The molecular formula is C11H16FIN2S. The Morgan fingerprint density at radius 3 is 2.88 bits per heavy atom. The molecule has 90 valence electrons. The van der Waals surface area contributed by atoms with E-state index in [4.69, 9.17) is 5.73 Å². The van der Waals surface area contributed by atoms with Crippen LogP contribution in [0, 0.1) is 9.39 Å². The molecule has 0 heterocycles. The van der Waals surface area contributed by atoms with Crippen LogP contribution in [0.5, 0.6) is 0 Å². The van der Waals surface area contributed by atoms with E-state index < -0.39 is 0 Å². The summed E-state index contributed by atoms with van der Waals surface area (Å²) >= 11 is 3.76. The van der Waals surface area contributed by atoms with Crippen LogP contribution in [0.25, 0.3) is 0 Å². The van der Waals surface area contributed by atoms with Crippen molar-refractivity contribution in [3.63, 3.8) is 0 Å². The van der Waals surface area contributed by atoms with Gasteiger partial charge in [-0.1, -0.05) is 6.92 Å². The zero-order chi connectivity index (χ0) is 12.1. The highest BCUT2D eigenvalue weighted by Gasteiger charge is 2.06. The zero-order valence-corrected chi connectivity index (χ0v) is 12.4. The molecular weight excluding hydrogens is 338 g/mol. The fourth-order valence-electron chi connectivity index (χ4n) is 1.24. The Morgan fingerprint density at radius 2 is 2.25 bits per heavy atom.